The number of hydrogen-bond donors (Lipinski definition) is 1. The molecule has 1 N–H and O–H groups in total. The largest absolute Gasteiger partial charge is 0.486 e. The highest BCUT2D eigenvalue weighted by Crippen LogP contribution is 2.30. The maximum Gasteiger partial charge on any atom is 0.453 e. The second-order valence-electron chi connectivity index (χ2n) is 5.98. The number of thioether (sulfide) groups is 1. The van der Waals surface area contributed by atoms with Gasteiger partial charge in [-0.15, -0.1) is 10.2 Å². The lowest BCUT2D eigenvalue weighted by Crippen LogP contribution is -2.28. The molecule has 0 spiro atoms. The first kappa shape index (κ1) is 22.0. The molecule has 3 aromatic rings. The molecule has 0 saturated heterocycles. The molecule has 0 saturated carbocycles. The van der Waals surface area contributed by atoms with Crippen molar-refractivity contribution in [2.24, 2.45) is 0 Å². The number of amides is 1. The van der Waals surface area contributed by atoms with E-state index in [0.29, 0.717) is 27.0 Å². The van der Waals surface area contributed by atoms with Gasteiger partial charge in [-0.05, 0) is 48.6 Å². The predicted octanol–water partition coefficient (Wildman–Crippen LogP) is 4.93. The van der Waals surface area contributed by atoms with Gasteiger partial charge in [0.05, 0.1) is 0 Å². The molecule has 0 atom stereocenters. The second-order valence-corrected chi connectivity index (χ2v) is 7.62. The van der Waals surface area contributed by atoms with Crippen molar-refractivity contribution >= 4 is 29.3 Å². The molecule has 0 unspecified atom stereocenters. The van der Waals surface area contributed by atoms with Gasteiger partial charge in [0.25, 0.3) is 5.82 Å². The number of hydrogen-bond acceptors (Lipinski definition) is 6. The van der Waals surface area contributed by atoms with Crippen molar-refractivity contribution < 1.29 is 27.1 Å². The number of nitrogens with zero attached hydrogens (tertiary/aromatic N) is 3. The first-order valence-corrected chi connectivity index (χ1v) is 9.99. The molecule has 0 aliphatic rings. The lowest BCUT2D eigenvalue weighted by molar-refractivity contribution is -0.146. The smallest absolute Gasteiger partial charge is 0.453 e. The van der Waals surface area contributed by atoms with Crippen LogP contribution in [0.1, 0.15) is 34.6 Å². The summed E-state index contributed by atoms with van der Waals surface area (Å²) in [7, 11) is 0. The van der Waals surface area contributed by atoms with Crippen LogP contribution in [0, 0.1) is 6.92 Å². The summed E-state index contributed by atoms with van der Waals surface area (Å²) in [6.45, 7) is 3.58. The topological polar surface area (TPSA) is 82.2 Å². The average Bonchev–Trinajstić information content (AvgIpc) is 3.30. The van der Waals surface area contributed by atoms with Crippen molar-refractivity contribution in [2.45, 2.75) is 31.8 Å². The van der Waals surface area contributed by atoms with Crippen LogP contribution in [0.5, 0.6) is 5.75 Å². The minimum atomic E-state index is -4.79. The van der Waals surface area contributed by atoms with Gasteiger partial charge >= 0.3 is 12.1 Å². The van der Waals surface area contributed by atoms with E-state index in [-0.39, 0.29) is 17.5 Å². The molecule has 2 heterocycles. The van der Waals surface area contributed by atoms with E-state index in [9.17, 15) is 18.0 Å². The Kier molecular flexibility index (Phi) is 6.61. The molecule has 2 aromatic heterocycles. The third kappa shape index (κ3) is 5.08. The van der Waals surface area contributed by atoms with E-state index in [1.165, 1.54) is 12.1 Å². The van der Waals surface area contributed by atoms with Crippen molar-refractivity contribution in [1.29, 1.82) is 0 Å². The Hall–Kier alpha value is -2.66. The third-order valence-corrected chi connectivity index (χ3v) is 5.00. The van der Waals surface area contributed by atoms with E-state index in [2.05, 4.69) is 15.6 Å². The normalized spacial score (nSPS) is 11.5. The number of furan rings is 1. The number of nitrogens with one attached hydrogen (secondary N) is 1. The summed E-state index contributed by atoms with van der Waals surface area (Å²) in [5, 5.41) is 7.12. The molecule has 0 aliphatic heterocycles. The van der Waals surface area contributed by atoms with Crippen molar-refractivity contribution in [3.63, 3.8) is 0 Å². The number of carbonyl (C=O) groups excluding carboxylic acids is 1. The fraction of sp³-hybridized carbons (Fsp3) is 0.278. The van der Waals surface area contributed by atoms with Crippen LogP contribution in [-0.4, -0.2) is 26.5 Å². The molecular formula is C18H16ClF3N4O3S. The number of alkyl halides is 3. The Morgan fingerprint density at radius 2 is 2.07 bits per heavy atom. The zero-order valence-corrected chi connectivity index (χ0v) is 17.4. The Morgan fingerprint density at radius 1 is 1.30 bits per heavy atom. The number of benzene rings is 1. The summed E-state index contributed by atoms with van der Waals surface area (Å²) >= 11 is 6.97. The summed E-state index contributed by atoms with van der Waals surface area (Å²) in [4.78, 5) is 12.4. The number of aromatic nitrogens is 3. The molecule has 0 fully saturated rings. The maximum atomic E-state index is 13.1. The number of ether oxygens (including phenoxy) is 1. The monoisotopic (exact) mass is 460 g/mol. The maximum absolute atomic E-state index is 13.1. The van der Waals surface area contributed by atoms with Crippen molar-refractivity contribution in [1.82, 2.24) is 14.9 Å². The van der Waals surface area contributed by atoms with Crippen LogP contribution < -0.4 is 10.2 Å². The number of rotatable bonds is 7. The lowest BCUT2D eigenvalue weighted by Gasteiger charge is -2.11. The van der Waals surface area contributed by atoms with Crippen molar-refractivity contribution in [3.8, 4) is 5.75 Å². The molecule has 1 aromatic carbocycles. The highest BCUT2D eigenvalue weighted by Gasteiger charge is 2.39. The highest BCUT2D eigenvalue weighted by molar-refractivity contribution is 7.99. The Labute approximate surface area is 178 Å². The van der Waals surface area contributed by atoms with Crippen LogP contribution in [0.2, 0.25) is 5.02 Å². The van der Waals surface area contributed by atoms with Gasteiger partial charge in [0.2, 0.25) is 5.16 Å². The third-order valence-electron chi connectivity index (χ3n) is 3.77. The molecule has 12 heteroatoms. The fourth-order valence-corrected chi connectivity index (χ4v) is 3.11. The standard InChI is InChI=1S/C18H16ClF3N4O3S/c1-3-30-17-24-23-16(18(20,21)22)26(17)25-15(27)14-7-5-12(29-14)9-28-11-4-6-13(19)10(2)8-11/h4-8H,3,9H2,1-2H3,(H,25,27). The minimum Gasteiger partial charge on any atom is -0.486 e. The van der Waals surface area contributed by atoms with Crippen LogP contribution in [0.25, 0.3) is 0 Å². The molecular weight excluding hydrogens is 445 g/mol. The zero-order valence-electron chi connectivity index (χ0n) is 15.8. The molecule has 0 radical (unpaired) electrons. The van der Waals surface area contributed by atoms with Crippen molar-refractivity contribution in [3.05, 3.63) is 58.3 Å². The van der Waals surface area contributed by atoms with Gasteiger partial charge in [-0.2, -0.15) is 13.2 Å². The SMILES string of the molecule is CCSc1nnc(C(F)(F)F)n1NC(=O)c1ccc(COc2ccc(Cl)c(C)c2)o1. The van der Waals surface area contributed by atoms with Crippen LogP contribution in [0.15, 0.2) is 39.9 Å². The van der Waals surface area contributed by atoms with Crippen LogP contribution in [-0.2, 0) is 12.8 Å². The molecule has 160 valence electrons. The van der Waals surface area contributed by atoms with Gasteiger partial charge in [0.15, 0.2) is 5.76 Å². The van der Waals surface area contributed by atoms with Gasteiger partial charge in [0.1, 0.15) is 18.1 Å². The van der Waals surface area contributed by atoms with E-state index >= 15 is 0 Å². The van der Waals surface area contributed by atoms with Gasteiger partial charge in [-0.25, -0.2) is 4.68 Å². The first-order chi connectivity index (χ1) is 14.2. The Balaban J connectivity index is 1.71. The van der Waals surface area contributed by atoms with E-state index < -0.39 is 17.9 Å². The molecule has 0 bridgehead atoms. The highest BCUT2D eigenvalue weighted by atomic mass is 35.5. The summed E-state index contributed by atoms with van der Waals surface area (Å²) in [5.74, 6) is -1.09. The second kappa shape index (κ2) is 9.00. The molecule has 30 heavy (non-hydrogen) atoms. The number of halogens is 4. The number of aryl methyl sites for hydroxylation is 1. The quantitative estimate of drug-likeness (QED) is 0.504. The molecule has 0 aliphatic carbocycles. The molecule has 7 nitrogen and oxygen atoms in total. The Morgan fingerprint density at radius 3 is 2.73 bits per heavy atom. The summed E-state index contributed by atoms with van der Waals surface area (Å²) in [6.07, 6.45) is -4.79. The van der Waals surface area contributed by atoms with Gasteiger partial charge in [-0.3, -0.25) is 10.2 Å². The predicted molar refractivity (Wildman–Crippen MR) is 104 cm³/mol. The van der Waals surface area contributed by atoms with Gasteiger partial charge < -0.3 is 9.15 Å². The molecule has 1 amide bonds. The lowest BCUT2D eigenvalue weighted by atomic mass is 10.2. The summed E-state index contributed by atoms with van der Waals surface area (Å²) in [6, 6.07) is 7.96. The Bertz CT molecular complexity index is 1050. The van der Waals surface area contributed by atoms with Crippen molar-refractivity contribution in [2.75, 3.05) is 11.2 Å². The van der Waals surface area contributed by atoms with Gasteiger partial charge in [0, 0.05) is 5.02 Å². The number of carbonyl (C=O) groups is 1. The van der Waals surface area contributed by atoms with Crippen LogP contribution in [0.3, 0.4) is 0 Å². The summed E-state index contributed by atoms with van der Waals surface area (Å²) in [5.41, 5.74) is 2.97. The van der Waals surface area contributed by atoms with Crippen LogP contribution in [0.4, 0.5) is 13.2 Å². The summed E-state index contributed by atoms with van der Waals surface area (Å²) < 4.78 is 50.9. The zero-order chi connectivity index (χ0) is 21.9. The average molecular weight is 461 g/mol. The van der Waals surface area contributed by atoms with Crippen LogP contribution >= 0.6 is 23.4 Å². The minimum absolute atomic E-state index is 0.0196. The molecule has 3 rings (SSSR count). The van der Waals surface area contributed by atoms with Gasteiger partial charge in [-0.1, -0.05) is 30.3 Å². The van der Waals surface area contributed by atoms with E-state index in [0.717, 1.165) is 17.3 Å². The van der Waals surface area contributed by atoms with E-state index in [1.807, 2.05) is 6.92 Å². The first-order valence-electron chi connectivity index (χ1n) is 8.63. The van der Waals surface area contributed by atoms with E-state index in [4.69, 9.17) is 20.8 Å². The fourth-order valence-electron chi connectivity index (χ4n) is 2.37. The van der Waals surface area contributed by atoms with E-state index in [1.54, 1.807) is 25.1 Å².